The average molecular weight is 382 g/mol. The Morgan fingerprint density at radius 2 is 2.30 bits per heavy atom. The maximum absolute atomic E-state index is 12.1. The van der Waals surface area contributed by atoms with Crippen LogP contribution in [0.25, 0.3) is 0 Å². The van der Waals surface area contributed by atoms with Crippen LogP contribution in [0.5, 0.6) is 0 Å². The number of esters is 1. The molecule has 3 rings (SSSR count). The molecular formula is C15H18BrN4O3+. The van der Waals surface area contributed by atoms with Crippen LogP contribution in [-0.4, -0.2) is 59.0 Å². The molecule has 0 aromatic rings. The lowest BCUT2D eigenvalue weighted by molar-refractivity contribution is -0.709. The van der Waals surface area contributed by atoms with Crippen LogP contribution in [-0.2, 0) is 14.3 Å². The fourth-order valence-corrected chi connectivity index (χ4v) is 3.48. The standard InChI is InChI=1S/C15H18BrN4O3/c1-10(21)23-9-13(22)19-5-3-11(8-19)14-12-7-17-4-6-20(12,2)15(16)18-14/h4,6-7,11H,3,5,8-9H2,1-2H3/q+1. The van der Waals surface area contributed by atoms with E-state index < -0.39 is 5.97 Å². The number of hydrogen-bond acceptors (Lipinski definition) is 5. The predicted octanol–water partition coefficient (Wildman–Crippen LogP) is 1.38. The molecular weight excluding hydrogens is 364 g/mol. The Morgan fingerprint density at radius 3 is 3.04 bits per heavy atom. The first kappa shape index (κ1) is 16.1. The van der Waals surface area contributed by atoms with Crippen molar-refractivity contribution in [3.63, 3.8) is 0 Å². The van der Waals surface area contributed by atoms with Gasteiger partial charge in [-0.25, -0.2) is 4.48 Å². The molecule has 3 aliphatic heterocycles. The Balaban J connectivity index is 1.73. The Hall–Kier alpha value is -1.80. The van der Waals surface area contributed by atoms with Gasteiger partial charge in [0.05, 0.1) is 19.5 Å². The molecule has 7 nitrogen and oxygen atoms in total. The van der Waals surface area contributed by atoms with Crippen molar-refractivity contribution in [3.05, 3.63) is 23.8 Å². The van der Waals surface area contributed by atoms with Gasteiger partial charge in [-0.2, -0.15) is 4.99 Å². The molecule has 0 spiro atoms. The molecule has 8 heteroatoms. The lowest BCUT2D eigenvalue weighted by Crippen LogP contribution is -2.39. The van der Waals surface area contributed by atoms with E-state index in [4.69, 9.17) is 4.74 Å². The molecule has 2 unspecified atom stereocenters. The highest BCUT2D eigenvalue weighted by molar-refractivity contribution is 9.18. The second-order valence-corrected chi connectivity index (χ2v) is 6.62. The van der Waals surface area contributed by atoms with Gasteiger partial charge >= 0.3 is 5.97 Å². The normalized spacial score (nSPS) is 28.9. The average Bonchev–Trinajstić information content (AvgIpc) is 3.09. The molecule has 0 aliphatic carbocycles. The molecule has 0 aromatic heterocycles. The number of allylic oxidation sites excluding steroid dienone is 1. The van der Waals surface area contributed by atoms with Gasteiger partial charge in [0.15, 0.2) is 12.3 Å². The number of aliphatic imine (C=N–C) groups is 2. The van der Waals surface area contributed by atoms with Gasteiger partial charge in [0.25, 0.3) is 10.7 Å². The van der Waals surface area contributed by atoms with Crippen molar-refractivity contribution in [3.8, 4) is 0 Å². The van der Waals surface area contributed by atoms with Crippen LogP contribution in [0.2, 0.25) is 0 Å². The highest BCUT2D eigenvalue weighted by Gasteiger charge is 2.44. The number of carbonyl (C=O) groups excluding carboxylic acids is 2. The number of fused-ring (bicyclic) bond motifs is 1. The molecule has 122 valence electrons. The van der Waals surface area contributed by atoms with E-state index in [0.29, 0.717) is 17.6 Å². The molecule has 1 amide bonds. The maximum atomic E-state index is 12.1. The molecule has 1 saturated heterocycles. The van der Waals surface area contributed by atoms with Crippen molar-refractivity contribution in [2.24, 2.45) is 15.9 Å². The summed E-state index contributed by atoms with van der Waals surface area (Å²) in [6.45, 7) is 2.33. The first-order chi connectivity index (χ1) is 10.9. The minimum Gasteiger partial charge on any atom is -0.456 e. The third kappa shape index (κ3) is 2.88. The second-order valence-electron chi connectivity index (χ2n) is 5.91. The van der Waals surface area contributed by atoms with E-state index >= 15 is 0 Å². The molecule has 0 N–H and O–H groups in total. The Labute approximate surface area is 142 Å². The number of ether oxygens (including phenoxy) is 1. The summed E-state index contributed by atoms with van der Waals surface area (Å²) in [5.41, 5.74) is 1.99. The number of hydrogen-bond donors (Lipinski definition) is 0. The van der Waals surface area contributed by atoms with Gasteiger partial charge in [0, 0.05) is 41.9 Å². The van der Waals surface area contributed by atoms with E-state index in [-0.39, 0.29) is 18.4 Å². The molecule has 1 fully saturated rings. The highest BCUT2D eigenvalue weighted by Crippen LogP contribution is 2.38. The van der Waals surface area contributed by atoms with Crippen LogP contribution in [0.3, 0.4) is 0 Å². The Kier molecular flexibility index (Phi) is 4.20. The van der Waals surface area contributed by atoms with E-state index in [0.717, 1.165) is 22.6 Å². The zero-order chi connectivity index (χ0) is 16.6. The van der Waals surface area contributed by atoms with Crippen molar-refractivity contribution >= 4 is 38.8 Å². The summed E-state index contributed by atoms with van der Waals surface area (Å²) in [5, 5.41) is 0. The van der Waals surface area contributed by atoms with E-state index in [1.54, 1.807) is 11.1 Å². The van der Waals surface area contributed by atoms with Crippen LogP contribution in [0.4, 0.5) is 0 Å². The van der Waals surface area contributed by atoms with Crippen molar-refractivity contribution < 1.29 is 18.8 Å². The molecule has 23 heavy (non-hydrogen) atoms. The lowest BCUT2D eigenvalue weighted by Gasteiger charge is -2.25. The Bertz CT molecular complexity index is 682. The topological polar surface area (TPSA) is 71.3 Å². The van der Waals surface area contributed by atoms with Crippen molar-refractivity contribution in [1.82, 2.24) is 4.90 Å². The molecule has 0 aromatic carbocycles. The fraction of sp³-hybridized carbons (Fsp3) is 0.467. The third-order valence-corrected chi connectivity index (χ3v) is 5.25. The van der Waals surface area contributed by atoms with Gasteiger partial charge < -0.3 is 9.64 Å². The summed E-state index contributed by atoms with van der Waals surface area (Å²) >= 11 is 3.54. The maximum Gasteiger partial charge on any atom is 0.303 e. The molecule has 3 aliphatic rings. The van der Waals surface area contributed by atoms with Gasteiger partial charge in [0.1, 0.15) is 11.9 Å². The highest BCUT2D eigenvalue weighted by atomic mass is 79.9. The predicted molar refractivity (Wildman–Crippen MR) is 88.5 cm³/mol. The minimum absolute atomic E-state index is 0.163. The number of quaternary nitrogens is 1. The zero-order valence-corrected chi connectivity index (χ0v) is 14.6. The van der Waals surface area contributed by atoms with Crippen molar-refractivity contribution in [2.45, 2.75) is 13.3 Å². The number of halogens is 1. The third-order valence-electron chi connectivity index (χ3n) is 4.33. The first-order valence-electron chi connectivity index (χ1n) is 7.39. The quantitative estimate of drug-likeness (QED) is 0.421. The van der Waals surface area contributed by atoms with Gasteiger partial charge in [0.2, 0.25) is 0 Å². The summed E-state index contributed by atoms with van der Waals surface area (Å²) in [6.07, 6.45) is 6.39. The minimum atomic E-state index is -0.443. The molecule has 3 heterocycles. The van der Waals surface area contributed by atoms with E-state index in [1.165, 1.54) is 6.92 Å². The van der Waals surface area contributed by atoms with E-state index in [9.17, 15) is 9.59 Å². The molecule has 0 saturated carbocycles. The van der Waals surface area contributed by atoms with Gasteiger partial charge in [-0.15, -0.1) is 0 Å². The number of carbonyl (C=O) groups is 2. The van der Waals surface area contributed by atoms with Gasteiger partial charge in [-0.1, -0.05) is 0 Å². The van der Waals surface area contributed by atoms with Crippen LogP contribution in [0, 0.1) is 5.92 Å². The van der Waals surface area contributed by atoms with E-state index in [2.05, 4.69) is 25.9 Å². The Morgan fingerprint density at radius 1 is 1.52 bits per heavy atom. The summed E-state index contributed by atoms with van der Waals surface area (Å²) < 4.78 is 6.07. The number of rotatable bonds is 3. The number of nitrogens with zero attached hydrogens (tertiary/aromatic N) is 4. The SMILES string of the molecule is CC(=O)OCC(=O)N1CCC(C2=C3C=NC=C[N+]3(C)C(Br)=N2)C1. The van der Waals surface area contributed by atoms with Crippen LogP contribution >= 0.6 is 15.9 Å². The summed E-state index contributed by atoms with van der Waals surface area (Å²) in [6, 6.07) is 0. The smallest absolute Gasteiger partial charge is 0.303 e. The zero-order valence-electron chi connectivity index (χ0n) is 13.0. The monoisotopic (exact) mass is 381 g/mol. The van der Waals surface area contributed by atoms with Crippen LogP contribution in [0.15, 0.2) is 33.8 Å². The van der Waals surface area contributed by atoms with E-state index in [1.807, 2.05) is 19.5 Å². The van der Waals surface area contributed by atoms with Crippen molar-refractivity contribution in [2.75, 3.05) is 26.7 Å². The van der Waals surface area contributed by atoms with Crippen LogP contribution in [0.1, 0.15) is 13.3 Å². The largest absolute Gasteiger partial charge is 0.456 e. The van der Waals surface area contributed by atoms with Gasteiger partial charge in [-0.3, -0.25) is 14.6 Å². The number of amides is 1. The molecule has 0 radical (unpaired) electrons. The lowest BCUT2D eigenvalue weighted by atomic mass is 10.0. The second kappa shape index (κ2) is 6.01. The van der Waals surface area contributed by atoms with Crippen LogP contribution < -0.4 is 0 Å². The summed E-state index contributed by atoms with van der Waals surface area (Å²) in [7, 11) is 2.04. The number of likely N-dealkylation sites (tertiary alicyclic amines) is 1. The number of amidine groups is 1. The van der Waals surface area contributed by atoms with Crippen molar-refractivity contribution in [1.29, 1.82) is 0 Å². The molecule has 0 bridgehead atoms. The summed E-state index contributed by atoms with van der Waals surface area (Å²) in [4.78, 5) is 33.5. The fourth-order valence-electron chi connectivity index (χ4n) is 2.98. The summed E-state index contributed by atoms with van der Waals surface area (Å²) in [5.74, 6) is -0.442. The van der Waals surface area contributed by atoms with Gasteiger partial charge in [-0.05, 0) is 6.42 Å². The first-order valence-corrected chi connectivity index (χ1v) is 8.19. The molecule has 2 atom stereocenters.